The van der Waals surface area contributed by atoms with Crippen LogP contribution in [-0.4, -0.2) is 15.7 Å². The Balaban J connectivity index is 1.74. The van der Waals surface area contributed by atoms with Gasteiger partial charge in [-0.05, 0) is 35.9 Å². The molecule has 5 nitrogen and oxygen atoms in total. The predicted octanol–water partition coefficient (Wildman–Crippen LogP) is 5.21. The SMILES string of the molecule is O=C(C=Cc1ccco1)Nc1cnn(Cc2ccc(C(F)(F)F)cc2C(F)(F)F)c1. The fourth-order valence-electron chi connectivity index (χ4n) is 2.57. The molecule has 2 aromatic heterocycles. The fourth-order valence-corrected chi connectivity index (χ4v) is 2.57. The number of anilines is 1. The summed E-state index contributed by atoms with van der Waals surface area (Å²) in [5, 5.41) is 6.30. The van der Waals surface area contributed by atoms with Crippen LogP contribution in [0.5, 0.6) is 0 Å². The molecule has 0 aliphatic heterocycles. The summed E-state index contributed by atoms with van der Waals surface area (Å²) >= 11 is 0. The third-order valence-corrected chi connectivity index (χ3v) is 3.92. The van der Waals surface area contributed by atoms with Crippen LogP contribution in [0, 0.1) is 0 Å². The van der Waals surface area contributed by atoms with Crippen molar-refractivity contribution in [3.63, 3.8) is 0 Å². The van der Waals surface area contributed by atoms with Gasteiger partial charge >= 0.3 is 12.4 Å². The number of amides is 1. The lowest BCUT2D eigenvalue weighted by atomic mass is 10.0. The zero-order valence-corrected chi connectivity index (χ0v) is 15.0. The molecule has 3 rings (SSSR count). The van der Waals surface area contributed by atoms with E-state index in [0.717, 1.165) is 10.7 Å². The summed E-state index contributed by atoms with van der Waals surface area (Å²) in [6.07, 6.45) is -3.38. The van der Waals surface area contributed by atoms with Gasteiger partial charge in [-0.3, -0.25) is 9.48 Å². The van der Waals surface area contributed by atoms with E-state index in [1.165, 1.54) is 30.8 Å². The van der Waals surface area contributed by atoms with E-state index >= 15 is 0 Å². The van der Waals surface area contributed by atoms with Crippen molar-refractivity contribution in [3.8, 4) is 0 Å². The topological polar surface area (TPSA) is 60.1 Å². The second kappa shape index (κ2) is 8.09. The van der Waals surface area contributed by atoms with Gasteiger partial charge in [0.2, 0.25) is 5.91 Å². The standard InChI is InChI=1S/C19H13F6N3O2/c20-18(21,22)13-4-3-12(16(8-13)19(23,24)25)10-28-11-14(9-26-28)27-17(29)6-5-15-2-1-7-30-15/h1-9,11H,10H2,(H,27,29). The van der Waals surface area contributed by atoms with Crippen molar-refractivity contribution >= 4 is 17.7 Å². The fraction of sp³-hybridized carbons (Fsp3) is 0.158. The van der Waals surface area contributed by atoms with Gasteiger partial charge in [0.1, 0.15) is 5.76 Å². The number of furan rings is 1. The van der Waals surface area contributed by atoms with E-state index < -0.39 is 41.5 Å². The van der Waals surface area contributed by atoms with Gasteiger partial charge in [-0.1, -0.05) is 6.07 Å². The number of nitrogens with one attached hydrogen (secondary N) is 1. The molecule has 0 unspecified atom stereocenters. The normalized spacial score (nSPS) is 12.5. The lowest BCUT2D eigenvalue weighted by Gasteiger charge is -2.16. The molecule has 0 atom stereocenters. The molecule has 2 heterocycles. The number of aromatic nitrogens is 2. The molecule has 1 aromatic carbocycles. The first-order valence-corrected chi connectivity index (χ1v) is 8.35. The van der Waals surface area contributed by atoms with Crippen molar-refractivity contribution in [2.45, 2.75) is 18.9 Å². The van der Waals surface area contributed by atoms with E-state index in [2.05, 4.69) is 10.4 Å². The van der Waals surface area contributed by atoms with Crippen LogP contribution in [0.1, 0.15) is 22.5 Å². The van der Waals surface area contributed by atoms with Gasteiger partial charge in [0, 0.05) is 12.3 Å². The lowest BCUT2D eigenvalue weighted by molar-refractivity contribution is -0.143. The molecule has 0 radical (unpaired) electrons. The van der Waals surface area contributed by atoms with Crippen molar-refractivity contribution in [2.75, 3.05) is 5.32 Å². The highest BCUT2D eigenvalue weighted by atomic mass is 19.4. The van der Waals surface area contributed by atoms with Crippen molar-refractivity contribution < 1.29 is 35.6 Å². The van der Waals surface area contributed by atoms with Crippen LogP contribution < -0.4 is 5.32 Å². The molecular formula is C19H13F6N3O2. The molecule has 0 saturated heterocycles. The zero-order valence-electron chi connectivity index (χ0n) is 15.0. The maximum absolute atomic E-state index is 13.2. The van der Waals surface area contributed by atoms with Gasteiger partial charge in [-0.2, -0.15) is 31.4 Å². The summed E-state index contributed by atoms with van der Waals surface area (Å²) in [4.78, 5) is 11.9. The molecule has 158 valence electrons. The first-order valence-electron chi connectivity index (χ1n) is 8.35. The summed E-state index contributed by atoms with van der Waals surface area (Å²) < 4.78 is 84.1. The maximum atomic E-state index is 13.2. The van der Waals surface area contributed by atoms with Crippen molar-refractivity contribution in [1.82, 2.24) is 9.78 Å². The van der Waals surface area contributed by atoms with E-state index in [1.807, 2.05) is 0 Å². The molecule has 0 saturated carbocycles. The van der Waals surface area contributed by atoms with Crippen molar-refractivity contribution in [1.29, 1.82) is 0 Å². The van der Waals surface area contributed by atoms with Crippen LogP contribution >= 0.6 is 0 Å². The molecule has 0 aliphatic rings. The number of carbonyl (C=O) groups excluding carboxylic acids is 1. The maximum Gasteiger partial charge on any atom is 0.416 e. The summed E-state index contributed by atoms with van der Waals surface area (Å²) in [6, 6.07) is 4.68. The average molecular weight is 429 g/mol. The molecule has 1 N–H and O–H groups in total. The molecule has 0 spiro atoms. The second-order valence-electron chi connectivity index (χ2n) is 6.13. The van der Waals surface area contributed by atoms with Gasteiger partial charge in [0.05, 0.1) is 35.8 Å². The van der Waals surface area contributed by atoms with Gasteiger partial charge in [-0.25, -0.2) is 0 Å². The third-order valence-electron chi connectivity index (χ3n) is 3.92. The highest BCUT2D eigenvalue weighted by molar-refractivity contribution is 6.01. The van der Waals surface area contributed by atoms with Crippen molar-refractivity contribution in [3.05, 3.63) is 77.5 Å². The predicted molar refractivity (Wildman–Crippen MR) is 94.1 cm³/mol. The quantitative estimate of drug-likeness (QED) is 0.447. The molecule has 11 heteroatoms. The molecular weight excluding hydrogens is 416 g/mol. The molecule has 0 bridgehead atoms. The number of alkyl halides is 6. The minimum absolute atomic E-state index is 0.0704. The Labute approximate surface area is 165 Å². The van der Waals surface area contributed by atoms with Crippen LogP contribution in [0.2, 0.25) is 0 Å². The van der Waals surface area contributed by atoms with Gasteiger partial charge in [0.15, 0.2) is 0 Å². The summed E-state index contributed by atoms with van der Waals surface area (Å²) in [5.41, 5.74) is -2.99. The number of benzene rings is 1. The van der Waals surface area contributed by atoms with Crippen LogP contribution in [0.3, 0.4) is 0 Å². The average Bonchev–Trinajstić information content (AvgIpc) is 3.30. The minimum atomic E-state index is -4.97. The first kappa shape index (κ1) is 21.2. The largest absolute Gasteiger partial charge is 0.465 e. The number of nitrogens with zero attached hydrogens (tertiary/aromatic N) is 2. The highest BCUT2D eigenvalue weighted by Gasteiger charge is 2.38. The smallest absolute Gasteiger partial charge is 0.416 e. The van der Waals surface area contributed by atoms with E-state index in [-0.39, 0.29) is 11.8 Å². The monoisotopic (exact) mass is 429 g/mol. The number of hydrogen-bond acceptors (Lipinski definition) is 3. The molecule has 3 aromatic rings. The van der Waals surface area contributed by atoms with Crippen LogP contribution in [-0.2, 0) is 23.7 Å². The molecule has 1 amide bonds. The molecule has 30 heavy (non-hydrogen) atoms. The Morgan fingerprint density at radius 1 is 1.13 bits per heavy atom. The highest BCUT2D eigenvalue weighted by Crippen LogP contribution is 2.37. The van der Waals surface area contributed by atoms with E-state index in [0.29, 0.717) is 11.8 Å². The second-order valence-corrected chi connectivity index (χ2v) is 6.13. The number of hydrogen-bond donors (Lipinski definition) is 1. The van der Waals surface area contributed by atoms with E-state index in [4.69, 9.17) is 4.42 Å². The summed E-state index contributed by atoms with van der Waals surface area (Å²) in [6.45, 7) is -0.439. The third kappa shape index (κ3) is 5.31. The number of rotatable bonds is 5. The Bertz CT molecular complexity index is 1050. The summed E-state index contributed by atoms with van der Waals surface area (Å²) in [5.74, 6) is -0.0840. The lowest BCUT2D eigenvalue weighted by Crippen LogP contribution is -2.15. The van der Waals surface area contributed by atoms with E-state index in [1.54, 1.807) is 12.1 Å². The minimum Gasteiger partial charge on any atom is -0.465 e. The molecule has 0 fully saturated rings. The van der Waals surface area contributed by atoms with Gasteiger partial charge in [0.25, 0.3) is 0 Å². The van der Waals surface area contributed by atoms with Crippen LogP contribution in [0.25, 0.3) is 6.08 Å². The molecule has 0 aliphatic carbocycles. The summed E-state index contributed by atoms with van der Waals surface area (Å²) in [7, 11) is 0. The van der Waals surface area contributed by atoms with Crippen molar-refractivity contribution in [2.24, 2.45) is 0 Å². The Hall–Kier alpha value is -3.50. The number of halogens is 6. The Morgan fingerprint density at radius 2 is 1.90 bits per heavy atom. The number of carbonyl (C=O) groups is 1. The van der Waals surface area contributed by atoms with Gasteiger partial charge in [-0.15, -0.1) is 0 Å². The van der Waals surface area contributed by atoms with Crippen LogP contribution in [0.4, 0.5) is 32.0 Å². The van der Waals surface area contributed by atoms with Gasteiger partial charge < -0.3 is 9.73 Å². The first-order chi connectivity index (χ1) is 14.0. The Morgan fingerprint density at radius 3 is 2.53 bits per heavy atom. The Kier molecular flexibility index (Phi) is 5.72. The zero-order chi connectivity index (χ0) is 21.9. The van der Waals surface area contributed by atoms with E-state index in [9.17, 15) is 31.1 Å². The van der Waals surface area contributed by atoms with Crippen LogP contribution in [0.15, 0.2) is 59.5 Å².